The summed E-state index contributed by atoms with van der Waals surface area (Å²) < 4.78 is 17.0. The van der Waals surface area contributed by atoms with Crippen molar-refractivity contribution in [1.29, 1.82) is 0 Å². The Kier molecular flexibility index (Phi) is 6.65. The molecule has 0 aliphatic heterocycles. The zero-order chi connectivity index (χ0) is 22.6. The van der Waals surface area contributed by atoms with E-state index in [1.54, 1.807) is 12.1 Å². The number of anilines is 1. The van der Waals surface area contributed by atoms with Gasteiger partial charge in [-0.05, 0) is 62.6 Å². The molecule has 4 rings (SSSR count). The number of hydrogen-bond acceptors (Lipinski definition) is 6. The monoisotopic (exact) mass is 455 g/mol. The predicted octanol–water partition coefficient (Wildman–Crippen LogP) is 5.64. The quantitative estimate of drug-likeness (QED) is 0.473. The van der Waals surface area contributed by atoms with Gasteiger partial charge in [-0.3, -0.25) is 10.1 Å². The molecular weight excluding hydrogens is 430 g/mol. The Morgan fingerprint density at radius 2 is 1.72 bits per heavy atom. The summed E-state index contributed by atoms with van der Waals surface area (Å²) in [6.07, 6.45) is 3.49. The zero-order valence-electron chi connectivity index (χ0n) is 18.2. The molecule has 8 heteroatoms. The van der Waals surface area contributed by atoms with Gasteiger partial charge in [0, 0.05) is 10.6 Å². The number of nitrogens with zero attached hydrogens (tertiary/aromatic N) is 2. The summed E-state index contributed by atoms with van der Waals surface area (Å²) in [6, 6.07) is 13.0. The van der Waals surface area contributed by atoms with Gasteiger partial charge in [-0.2, -0.15) is 0 Å². The number of ether oxygens (including phenoxy) is 2. The molecule has 7 nitrogen and oxygen atoms in total. The second-order valence-corrected chi connectivity index (χ2v) is 8.13. The first-order chi connectivity index (χ1) is 15.6. The highest BCUT2D eigenvalue weighted by Crippen LogP contribution is 2.42. The number of carbonyl (C=O) groups is 1. The van der Waals surface area contributed by atoms with Gasteiger partial charge in [0.25, 0.3) is 0 Å². The van der Waals surface area contributed by atoms with Crippen LogP contribution >= 0.6 is 11.6 Å². The highest BCUT2D eigenvalue weighted by Gasteiger charge is 2.43. The van der Waals surface area contributed by atoms with Gasteiger partial charge in [0.15, 0.2) is 11.5 Å². The molecule has 168 valence electrons. The standard InChI is InChI=1S/C24H26ClN3O4/c1-3-30-19-12-7-16(15-20(19)31-4-2)21-27-28-23(32-21)26-22(29)24(13-5-6-14-24)17-8-10-18(25)11-9-17/h7-12,15H,3-6,13-14H2,1-2H3,(H,26,28,29). The molecule has 0 radical (unpaired) electrons. The molecule has 1 N–H and O–H groups in total. The van der Waals surface area contributed by atoms with Gasteiger partial charge in [0.1, 0.15) is 0 Å². The van der Waals surface area contributed by atoms with E-state index < -0.39 is 5.41 Å². The number of rotatable bonds is 8. The number of halogens is 1. The van der Waals surface area contributed by atoms with E-state index in [-0.39, 0.29) is 17.8 Å². The molecule has 3 aromatic rings. The first-order valence-electron chi connectivity index (χ1n) is 10.9. The van der Waals surface area contributed by atoms with Crippen molar-refractivity contribution >= 4 is 23.5 Å². The molecule has 1 saturated carbocycles. The lowest BCUT2D eigenvalue weighted by Crippen LogP contribution is -2.38. The van der Waals surface area contributed by atoms with Crippen LogP contribution in [0.3, 0.4) is 0 Å². The number of benzene rings is 2. The summed E-state index contributed by atoms with van der Waals surface area (Å²) in [5.41, 5.74) is 1.00. The molecule has 0 atom stereocenters. The van der Waals surface area contributed by atoms with E-state index in [0.717, 1.165) is 31.2 Å². The Hall–Kier alpha value is -3.06. The SMILES string of the molecule is CCOc1ccc(-c2nnc(NC(=O)C3(c4ccc(Cl)cc4)CCCC3)o2)cc1OCC. The van der Waals surface area contributed by atoms with Crippen LogP contribution in [0.25, 0.3) is 11.5 Å². The van der Waals surface area contributed by atoms with Crippen molar-refractivity contribution in [3.8, 4) is 23.0 Å². The normalized spacial score (nSPS) is 14.8. The fourth-order valence-electron chi connectivity index (χ4n) is 4.19. The summed E-state index contributed by atoms with van der Waals surface area (Å²) >= 11 is 6.04. The van der Waals surface area contributed by atoms with Crippen LogP contribution < -0.4 is 14.8 Å². The molecule has 1 aliphatic carbocycles. The van der Waals surface area contributed by atoms with Crippen LogP contribution in [-0.4, -0.2) is 29.3 Å². The molecule has 1 aliphatic rings. The van der Waals surface area contributed by atoms with E-state index >= 15 is 0 Å². The maximum Gasteiger partial charge on any atom is 0.322 e. The maximum atomic E-state index is 13.3. The van der Waals surface area contributed by atoms with Gasteiger partial charge in [0.05, 0.1) is 18.6 Å². The average molecular weight is 456 g/mol. The van der Waals surface area contributed by atoms with Crippen molar-refractivity contribution in [2.45, 2.75) is 44.9 Å². The fraction of sp³-hybridized carbons (Fsp3) is 0.375. The van der Waals surface area contributed by atoms with Crippen LogP contribution in [0.2, 0.25) is 5.02 Å². The number of carbonyl (C=O) groups excluding carboxylic acids is 1. The van der Waals surface area contributed by atoms with Gasteiger partial charge in [0.2, 0.25) is 11.8 Å². The van der Waals surface area contributed by atoms with Gasteiger partial charge in [-0.25, -0.2) is 0 Å². The average Bonchev–Trinajstić information content (AvgIpc) is 3.47. The molecular formula is C24H26ClN3O4. The molecule has 0 spiro atoms. The Balaban J connectivity index is 1.55. The minimum Gasteiger partial charge on any atom is -0.490 e. The maximum absolute atomic E-state index is 13.3. The second-order valence-electron chi connectivity index (χ2n) is 7.69. The lowest BCUT2D eigenvalue weighted by Gasteiger charge is -2.27. The third-order valence-electron chi connectivity index (χ3n) is 5.72. The molecule has 2 aromatic carbocycles. The molecule has 1 amide bonds. The molecule has 0 unspecified atom stereocenters. The Morgan fingerprint density at radius 1 is 1.03 bits per heavy atom. The Morgan fingerprint density at radius 3 is 2.41 bits per heavy atom. The third-order valence-corrected chi connectivity index (χ3v) is 5.98. The zero-order valence-corrected chi connectivity index (χ0v) is 18.9. The fourth-order valence-corrected chi connectivity index (χ4v) is 4.31. The van der Waals surface area contributed by atoms with Crippen molar-refractivity contribution in [2.24, 2.45) is 0 Å². The van der Waals surface area contributed by atoms with Crippen LogP contribution in [0.5, 0.6) is 11.5 Å². The minimum absolute atomic E-state index is 0.0667. The summed E-state index contributed by atoms with van der Waals surface area (Å²) in [7, 11) is 0. The van der Waals surface area contributed by atoms with Crippen LogP contribution in [-0.2, 0) is 10.2 Å². The van der Waals surface area contributed by atoms with Crippen LogP contribution in [0.4, 0.5) is 6.01 Å². The van der Waals surface area contributed by atoms with E-state index in [1.165, 1.54) is 0 Å². The van der Waals surface area contributed by atoms with Crippen molar-refractivity contribution in [3.05, 3.63) is 53.1 Å². The topological polar surface area (TPSA) is 86.5 Å². The number of nitrogens with one attached hydrogen (secondary N) is 1. The van der Waals surface area contributed by atoms with Gasteiger partial charge < -0.3 is 13.9 Å². The van der Waals surface area contributed by atoms with E-state index in [9.17, 15) is 4.79 Å². The van der Waals surface area contributed by atoms with Gasteiger partial charge in [-0.15, -0.1) is 5.10 Å². The van der Waals surface area contributed by atoms with Crippen LogP contribution in [0.15, 0.2) is 46.9 Å². The smallest absolute Gasteiger partial charge is 0.322 e. The summed E-state index contributed by atoms with van der Waals surface area (Å²) in [5.74, 6) is 1.39. The molecule has 32 heavy (non-hydrogen) atoms. The summed E-state index contributed by atoms with van der Waals surface area (Å²) in [6.45, 7) is 4.85. The highest BCUT2D eigenvalue weighted by atomic mass is 35.5. The second kappa shape index (κ2) is 9.61. The van der Waals surface area contributed by atoms with E-state index in [0.29, 0.717) is 35.3 Å². The molecule has 0 bridgehead atoms. The molecule has 1 aromatic heterocycles. The molecule has 0 saturated heterocycles. The molecule has 1 heterocycles. The van der Waals surface area contributed by atoms with E-state index in [4.69, 9.17) is 25.5 Å². The van der Waals surface area contributed by atoms with Crippen molar-refractivity contribution in [1.82, 2.24) is 10.2 Å². The van der Waals surface area contributed by atoms with Crippen LogP contribution in [0, 0.1) is 0 Å². The molecule has 1 fully saturated rings. The van der Waals surface area contributed by atoms with Crippen molar-refractivity contribution in [3.63, 3.8) is 0 Å². The summed E-state index contributed by atoms with van der Waals surface area (Å²) in [5, 5.41) is 11.6. The van der Waals surface area contributed by atoms with Gasteiger partial charge in [-0.1, -0.05) is 41.7 Å². The highest BCUT2D eigenvalue weighted by molar-refractivity contribution is 6.30. The third kappa shape index (κ3) is 4.43. The van der Waals surface area contributed by atoms with Gasteiger partial charge >= 0.3 is 6.01 Å². The first-order valence-corrected chi connectivity index (χ1v) is 11.2. The number of amides is 1. The largest absolute Gasteiger partial charge is 0.490 e. The Bertz CT molecular complexity index is 1080. The van der Waals surface area contributed by atoms with E-state index in [1.807, 2.05) is 44.2 Å². The Labute approximate surface area is 192 Å². The first kappa shape index (κ1) is 22.1. The minimum atomic E-state index is -0.625. The lowest BCUT2D eigenvalue weighted by atomic mass is 9.78. The summed E-state index contributed by atoms with van der Waals surface area (Å²) in [4.78, 5) is 13.3. The lowest BCUT2D eigenvalue weighted by molar-refractivity contribution is -0.121. The van der Waals surface area contributed by atoms with Crippen molar-refractivity contribution < 1.29 is 18.7 Å². The van der Waals surface area contributed by atoms with Crippen molar-refractivity contribution in [2.75, 3.05) is 18.5 Å². The number of aromatic nitrogens is 2. The van der Waals surface area contributed by atoms with Crippen LogP contribution in [0.1, 0.15) is 45.1 Å². The number of hydrogen-bond donors (Lipinski definition) is 1. The van der Waals surface area contributed by atoms with E-state index in [2.05, 4.69) is 15.5 Å². The predicted molar refractivity (Wildman–Crippen MR) is 122 cm³/mol.